The second-order valence-electron chi connectivity index (χ2n) is 7.64. The van der Waals surface area contributed by atoms with Crippen LogP contribution in [0.1, 0.15) is 6.42 Å². The summed E-state index contributed by atoms with van der Waals surface area (Å²) in [5.74, 6) is 0.667. The zero-order valence-corrected chi connectivity index (χ0v) is 16.6. The second kappa shape index (κ2) is 8.32. The number of nitrogens with zero attached hydrogens (tertiary/aromatic N) is 7. The maximum absolute atomic E-state index is 5.75. The molecule has 1 aromatic heterocycles. The van der Waals surface area contributed by atoms with Crippen LogP contribution in [0.25, 0.3) is 0 Å². The predicted molar refractivity (Wildman–Crippen MR) is 100 cm³/mol. The summed E-state index contributed by atoms with van der Waals surface area (Å²) in [4.78, 5) is 22.2. The first-order chi connectivity index (χ1) is 12.4. The van der Waals surface area contributed by atoms with E-state index in [1.807, 2.05) is 28.2 Å². The Morgan fingerprint density at radius 2 is 1.46 bits per heavy atom. The zero-order valence-electron chi connectivity index (χ0n) is 16.6. The third kappa shape index (κ3) is 4.72. The lowest BCUT2D eigenvalue weighted by molar-refractivity contribution is 0.223. The molecule has 9 nitrogen and oxygen atoms in total. The molecular weight excluding hydrogens is 334 g/mol. The molecular formula is C17H31N7O2. The summed E-state index contributed by atoms with van der Waals surface area (Å²) >= 11 is 0. The first-order valence-corrected chi connectivity index (χ1v) is 9.20. The molecule has 0 amide bonds. The van der Waals surface area contributed by atoms with E-state index in [0.717, 1.165) is 32.6 Å². The zero-order chi connectivity index (χ0) is 18.7. The van der Waals surface area contributed by atoms with Gasteiger partial charge in [-0.25, -0.2) is 0 Å². The van der Waals surface area contributed by atoms with Gasteiger partial charge >= 0.3 is 12.0 Å². The van der Waals surface area contributed by atoms with Gasteiger partial charge in [0.2, 0.25) is 5.95 Å². The molecule has 3 heterocycles. The van der Waals surface area contributed by atoms with E-state index in [4.69, 9.17) is 9.47 Å². The molecule has 0 N–H and O–H groups in total. The van der Waals surface area contributed by atoms with Crippen molar-refractivity contribution in [3.05, 3.63) is 0 Å². The monoisotopic (exact) mass is 365 g/mol. The average Bonchev–Trinajstić information content (AvgIpc) is 3.13. The first-order valence-electron chi connectivity index (χ1n) is 9.20. The minimum Gasteiger partial charge on any atom is -0.462 e. The van der Waals surface area contributed by atoms with Gasteiger partial charge in [-0.2, -0.15) is 9.97 Å². The largest absolute Gasteiger partial charge is 0.462 e. The highest BCUT2D eigenvalue weighted by Gasteiger charge is 2.42. The van der Waals surface area contributed by atoms with E-state index in [-0.39, 0.29) is 0 Å². The summed E-state index contributed by atoms with van der Waals surface area (Å²) in [6, 6.07) is 1.71. The van der Waals surface area contributed by atoms with E-state index in [0.29, 0.717) is 43.3 Å². The molecule has 0 aromatic carbocycles. The molecule has 0 aliphatic carbocycles. The lowest BCUT2D eigenvalue weighted by atomic mass is 10.2. The number of piperazine rings is 1. The fourth-order valence-electron chi connectivity index (χ4n) is 3.34. The maximum Gasteiger partial charge on any atom is 0.324 e. The molecule has 2 bridgehead atoms. The van der Waals surface area contributed by atoms with Crippen LogP contribution >= 0.6 is 0 Å². The lowest BCUT2D eigenvalue weighted by Gasteiger charge is -2.31. The summed E-state index contributed by atoms with van der Waals surface area (Å²) in [6.45, 7) is 4.66. The Morgan fingerprint density at radius 3 is 1.88 bits per heavy atom. The number of anilines is 1. The molecule has 0 radical (unpaired) electrons. The van der Waals surface area contributed by atoms with E-state index in [1.165, 1.54) is 0 Å². The number of likely N-dealkylation sites (N-methyl/N-ethyl adjacent to an activating group) is 3. The number of fused-ring (bicyclic) bond motifs is 2. The van der Waals surface area contributed by atoms with Crippen LogP contribution in [0.5, 0.6) is 12.0 Å². The van der Waals surface area contributed by atoms with Crippen LogP contribution in [0.4, 0.5) is 5.95 Å². The minimum absolute atomic E-state index is 0.341. The molecule has 9 heteroatoms. The number of likely N-dealkylation sites (tertiary alicyclic amines) is 1. The van der Waals surface area contributed by atoms with Gasteiger partial charge in [0.05, 0.1) is 0 Å². The molecule has 2 unspecified atom stereocenters. The molecule has 2 aliphatic rings. The Labute approximate surface area is 155 Å². The molecule has 2 saturated heterocycles. The summed E-state index contributed by atoms with van der Waals surface area (Å²) in [5.41, 5.74) is 0. The van der Waals surface area contributed by atoms with Crippen molar-refractivity contribution in [3.8, 4) is 12.0 Å². The summed E-state index contributed by atoms with van der Waals surface area (Å²) < 4.78 is 11.5. The quantitative estimate of drug-likeness (QED) is 0.584. The van der Waals surface area contributed by atoms with Gasteiger partial charge in [-0.1, -0.05) is 0 Å². The maximum atomic E-state index is 5.75. The third-order valence-electron chi connectivity index (χ3n) is 4.89. The predicted octanol–water partition coefficient (Wildman–Crippen LogP) is -0.355. The fourth-order valence-corrected chi connectivity index (χ4v) is 3.34. The number of hydrogen-bond acceptors (Lipinski definition) is 9. The van der Waals surface area contributed by atoms with Crippen molar-refractivity contribution in [1.82, 2.24) is 29.7 Å². The highest BCUT2D eigenvalue weighted by Crippen LogP contribution is 2.32. The van der Waals surface area contributed by atoms with E-state index in [2.05, 4.69) is 41.6 Å². The SMILES string of the molecule is CN(C)CCOc1nc(OCCN(C)C)nc(N2CC3CC2CN3C)n1. The molecule has 3 rings (SSSR count). The van der Waals surface area contributed by atoms with Crippen molar-refractivity contribution in [2.24, 2.45) is 0 Å². The Hall–Kier alpha value is -1.71. The van der Waals surface area contributed by atoms with Gasteiger partial charge in [0.15, 0.2) is 0 Å². The Bertz CT molecular complexity index is 564. The highest BCUT2D eigenvalue weighted by molar-refractivity contribution is 5.38. The molecule has 2 aliphatic heterocycles. The lowest BCUT2D eigenvalue weighted by Crippen LogP contribution is -2.45. The summed E-state index contributed by atoms with van der Waals surface area (Å²) in [6.07, 6.45) is 1.16. The minimum atomic E-state index is 0.341. The van der Waals surface area contributed by atoms with Gasteiger partial charge in [-0.3, -0.25) is 4.90 Å². The molecule has 146 valence electrons. The van der Waals surface area contributed by atoms with Crippen molar-refractivity contribution in [3.63, 3.8) is 0 Å². The van der Waals surface area contributed by atoms with Crippen LogP contribution in [0.2, 0.25) is 0 Å². The molecule has 0 spiro atoms. The van der Waals surface area contributed by atoms with Crippen molar-refractivity contribution in [2.75, 3.05) is 79.5 Å². The van der Waals surface area contributed by atoms with Gasteiger partial charge < -0.3 is 24.2 Å². The molecule has 0 saturated carbocycles. The first kappa shape index (κ1) is 19.1. The van der Waals surface area contributed by atoms with Gasteiger partial charge in [-0.15, -0.1) is 4.98 Å². The van der Waals surface area contributed by atoms with E-state index >= 15 is 0 Å². The van der Waals surface area contributed by atoms with Crippen LogP contribution in [-0.2, 0) is 0 Å². The Balaban J connectivity index is 1.71. The molecule has 1 aromatic rings. The Morgan fingerprint density at radius 1 is 0.885 bits per heavy atom. The topological polar surface area (TPSA) is 70.1 Å². The number of hydrogen-bond donors (Lipinski definition) is 0. The third-order valence-corrected chi connectivity index (χ3v) is 4.89. The molecule has 26 heavy (non-hydrogen) atoms. The van der Waals surface area contributed by atoms with Gasteiger partial charge in [0.1, 0.15) is 13.2 Å². The Kier molecular flexibility index (Phi) is 6.10. The van der Waals surface area contributed by atoms with E-state index < -0.39 is 0 Å². The van der Waals surface area contributed by atoms with Crippen LogP contribution in [0, 0.1) is 0 Å². The van der Waals surface area contributed by atoms with Crippen LogP contribution in [0.15, 0.2) is 0 Å². The van der Waals surface area contributed by atoms with Crippen molar-refractivity contribution < 1.29 is 9.47 Å². The number of rotatable bonds is 9. The van der Waals surface area contributed by atoms with Gasteiger partial charge in [-0.05, 0) is 41.7 Å². The van der Waals surface area contributed by atoms with E-state index in [1.54, 1.807) is 0 Å². The molecule has 2 atom stereocenters. The van der Waals surface area contributed by atoms with E-state index in [9.17, 15) is 0 Å². The number of ether oxygens (including phenoxy) is 2. The normalized spacial score (nSPS) is 22.7. The summed E-state index contributed by atoms with van der Waals surface area (Å²) in [7, 11) is 10.2. The smallest absolute Gasteiger partial charge is 0.324 e. The van der Waals surface area contributed by atoms with Crippen molar-refractivity contribution in [1.29, 1.82) is 0 Å². The second-order valence-corrected chi connectivity index (χ2v) is 7.64. The highest BCUT2D eigenvalue weighted by atomic mass is 16.5. The van der Waals surface area contributed by atoms with Crippen molar-refractivity contribution in [2.45, 2.75) is 18.5 Å². The van der Waals surface area contributed by atoms with Crippen LogP contribution in [-0.4, -0.2) is 116 Å². The fraction of sp³-hybridized carbons (Fsp3) is 0.824. The molecule has 2 fully saturated rings. The number of aromatic nitrogens is 3. The average molecular weight is 365 g/mol. The van der Waals surface area contributed by atoms with Gasteiger partial charge in [0, 0.05) is 38.3 Å². The van der Waals surface area contributed by atoms with Crippen LogP contribution in [0.3, 0.4) is 0 Å². The van der Waals surface area contributed by atoms with Gasteiger partial charge in [0.25, 0.3) is 0 Å². The standard InChI is InChI=1S/C17H31N7O2/c1-21(2)6-8-25-16-18-15(19-17(20-16)26-9-7-22(3)4)24-12-13-10-14(24)11-23(13)5/h13-14H,6-12H2,1-5H3. The van der Waals surface area contributed by atoms with Crippen molar-refractivity contribution >= 4 is 5.95 Å². The summed E-state index contributed by atoms with van der Waals surface area (Å²) in [5, 5.41) is 0. The van der Waals surface area contributed by atoms with Crippen LogP contribution < -0.4 is 14.4 Å².